The molecule has 12 heteroatoms. The van der Waals surface area contributed by atoms with Crippen LogP contribution in [0.15, 0.2) is 36.4 Å². The fourth-order valence-electron chi connectivity index (χ4n) is 3.67. The van der Waals surface area contributed by atoms with Gasteiger partial charge in [0, 0.05) is 24.1 Å². The molecular weight excluding hydrogens is 490 g/mol. The maximum absolute atomic E-state index is 11.8. The number of aryl methyl sites for hydroxylation is 2. The lowest BCUT2D eigenvalue weighted by Gasteiger charge is -2.12. The molecule has 0 aliphatic carbocycles. The summed E-state index contributed by atoms with van der Waals surface area (Å²) in [5.74, 6) is 0. The van der Waals surface area contributed by atoms with E-state index < -0.39 is 22.6 Å². The Labute approximate surface area is 210 Å². The molecule has 0 radical (unpaired) electrons. The third-order valence-corrected chi connectivity index (χ3v) is 5.55. The zero-order valence-electron chi connectivity index (χ0n) is 21.0. The van der Waals surface area contributed by atoms with Crippen molar-refractivity contribution < 1.29 is 40.8 Å². The minimum atomic E-state index is -4.17. The molecule has 36 heavy (non-hydrogen) atoms. The lowest BCUT2D eigenvalue weighted by Crippen LogP contribution is -2.37. The average Bonchev–Trinajstić information content (AvgIpc) is 2.79. The van der Waals surface area contributed by atoms with Gasteiger partial charge < -0.3 is 9.47 Å². The Kier molecular flexibility index (Phi) is 10.4. The zero-order valence-corrected chi connectivity index (χ0v) is 21.8. The van der Waals surface area contributed by atoms with Crippen molar-refractivity contribution in [3.8, 4) is 0 Å². The van der Waals surface area contributed by atoms with Crippen LogP contribution in [0.1, 0.15) is 33.4 Å². The lowest BCUT2D eigenvalue weighted by atomic mass is 10.0. The van der Waals surface area contributed by atoms with Gasteiger partial charge in [0.2, 0.25) is 5.52 Å². The third kappa shape index (κ3) is 7.77. The normalized spacial score (nSPS) is 10.9. The van der Waals surface area contributed by atoms with E-state index in [1.54, 1.807) is 13.8 Å². The number of benzene rings is 2. The summed E-state index contributed by atoms with van der Waals surface area (Å²) < 4.78 is 42.8. The first-order valence-electron chi connectivity index (χ1n) is 11.4. The highest BCUT2D eigenvalue weighted by atomic mass is 32.3. The molecule has 0 bridgehead atoms. The molecule has 0 aliphatic heterocycles. The summed E-state index contributed by atoms with van der Waals surface area (Å²) in [6.45, 7) is 10.5. The Hall–Kier alpha value is -3.48. The number of hydrogen-bond acceptors (Lipinski definition) is 7. The summed E-state index contributed by atoms with van der Waals surface area (Å²) in [5, 5.41) is 8.69. The molecule has 1 aromatic heterocycles. The van der Waals surface area contributed by atoms with E-state index in [0.717, 1.165) is 33.9 Å². The van der Waals surface area contributed by atoms with Gasteiger partial charge in [-0.3, -0.25) is 15.2 Å². The molecule has 0 atom stereocenters. The smallest absolute Gasteiger partial charge is 0.411 e. The first-order valence-corrected chi connectivity index (χ1v) is 12.8. The van der Waals surface area contributed by atoms with Gasteiger partial charge in [-0.1, -0.05) is 6.07 Å². The molecule has 3 aromatic rings. The van der Waals surface area contributed by atoms with Crippen LogP contribution in [0, 0.1) is 6.92 Å². The van der Waals surface area contributed by atoms with E-state index in [0.29, 0.717) is 24.6 Å². The number of anilines is 2. The Morgan fingerprint density at radius 3 is 1.81 bits per heavy atom. The largest absolute Gasteiger partial charge is 0.450 e. The monoisotopic (exact) mass is 522 g/mol. The van der Waals surface area contributed by atoms with Crippen LogP contribution in [0.25, 0.3) is 21.7 Å². The fourth-order valence-corrected chi connectivity index (χ4v) is 3.97. The van der Waals surface area contributed by atoms with Crippen molar-refractivity contribution in [3.05, 3.63) is 42.1 Å². The molecule has 0 saturated carbocycles. The minimum Gasteiger partial charge on any atom is -0.450 e. The standard InChI is InChI=1S/C22H25N3O4.C2H6O4S/c1-5-25-14(4)19-12-15(23-21(26)28-6-2)8-10-17(19)18-11-9-16(13-20(18)25)24-22(27)29-7-3;1-2-6-7(3,4)5/h8-13H,5-7H2,1-4H3,(H,23,26);2H2,1H3,(H,3,4,5)/p+1. The number of nitrogens with one attached hydrogen (secondary N) is 2. The molecule has 0 unspecified atom stereocenters. The van der Waals surface area contributed by atoms with Crippen molar-refractivity contribution in [3.63, 3.8) is 0 Å². The summed E-state index contributed by atoms with van der Waals surface area (Å²) in [5.41, 5.74) is 3.44. The van der Waals surface area contributed by atoms with Crippen molar-refractivity contribution >= 4 is 55.6 Å². The number of nitrogens with zero attached hydrogens (tertiary/aromatic N) is 1. The van der Waals surface area contributed by atoms with E-state index >= 15 is 0 Å². The number of carbonyl (C=O) groups excluding carboxylic acids is 2. The zero-order chi connectivity index (χ0) is 26.9. The quantitative estimate of drug-likeness (QED) is 0.232. The molecule has 3 N–H and O–H groups in total. The van der Waals surface area contributed by atoms with Gasteiger partial charge >= 0.3 is 22.6 Å². The van der Waals surface area contributed by atoms with Gasteiger partial charge in [-0.15, -0.1) is 0 Å². The van der Waals surface area contributed by atoms with Crippen LogP contribution in [-0.4, -0.2) is 45.0 Å². The second kappa shape index (κ2) is 13.0. The minimum absolute atomic E-state index is 0.0289. The van der Waals surface area contributed by atoms with Crippen molar-refractivity contribution in [2.45, 2.75) is 41.2 Å². The summed E-state index contributed by atoms with van der Waals surface area (Å²) in [4.78, 5) is 23.5. The van der Waals surface area contributed by atoms with E-state index in [2.05, 4.69) is 26.3 Å². The fraction of sp³-hybridized carbons (Fsp3) is 0.375. The van der Waals surface area contributed by atoms with Gasteiger partial charge in [0.1, 0.15) is 6.54 Å². The van der Waals surface area contributed by atoms with Crippen molar-refractivity contribution in [2.24, 2.45) is 0 Å². The lowest BCUT2D eigenvalue weighted by molar-refractivity contribution is -0.672. The first-order chi connectivity index (χ1) is 17.0. The maximum atomic E-state index is 11.8. The van der Waals surface area contributed by atoms with Gasteiger partial charge in [-0.05, 0) is 52.0 Å². The highest BCUT2D eigenvalue weighted by molar-refractivity contribution is 7.80. The number of fused-ring (bicyclic) bond motifs is 3. The van der Waals surface area contributed by atoms with E-state index in [9.17, 15) is 18.0 Å². The van der Waals surface area contributed by atoms with Crippen molar-refractivity contribution in [1.82, 2.24) is 0 Å². The predicted molar refractivity (Wildman–Crippen MR) is 137 cm³/mol. The molecule has 196 valence electrons. The molecule has 2 amide bonds. The maximum Gasteiger partial charge on any atom is 0.411 e. The molecule has 0 saturated heterocycles. The van der Waals surface area contributed by atoms with Gasteiger partial charge in [-0.25, -0.2) is 13.8 Å². The van der Waals surface area contributed by atoms with Gasteiger partial charge in [0.25, 0.3) is 0 Å². The number of aromatic nitrogens is 1. The highest BCUT2D eigenvalue weighted by Gasteiger charge is 2.19. The summed E-state index contributed by atoms with van der Waals surface area (Å²) in [7, 11) is -4.17. The van der Waals surface area contributed by atoms with Crippen LogP contribution in [-0.2, 0) is 30.6 Å². The molecule has 0 spiro atoms. The number of pyridine rings is 1. The molecule has 1 heterocycles. The van der Waals surface area contributed by atoms with Crippen LogP contribution in [0.2, 0.25) is 0 Å². The topological polar surface area (TPSA) is 144 Å². The highest BCUT2D eigenvalue weighted by Crippen LogP contribution is 2.29. The van der Waals surface area contributed by atoms with Crippen LogP contribution >= 0.6 is 0 Å². The summed E-state index contributed by atoms with van der Waals surface area (Å²) in [6.07, 6.45) is -0.939. The van der Waals surface area contributed by atoms with Crippen LogP contribution in [0.5, 0.6) is 0 Å². The van der Waals surface area contributed by atoms with E-state index in [-0.39, 0.29) is 6.61 Å². The van der Waals surface area contributed by atoms with Crippen molar-refractivity contribution in [2.75, 3.05) is 30.5 Å². The van der Waals surface area contributed by atoms with Crippen LogP contribution in [0.3, 0.4) is 0 Å². The van der Waals surface area contributed by atoms with Gasteiger partial charge in [-0.2, -0.15) is 13.0 Å². The number of amides is 2. The Morgan fingerprint density at radius 1 is 0.833 bits per heavy atom. The molecule has 0 aliphatic rings. The van der Waals surface area contributed by atoms with Crippen LogP contribution in [0.4, 0.5) is 21.0 Å². The SMILES string of the molecule is CCOC(=O)Nc1ccc2c(c1)c(C)[n+](CC)c1cc(NC(=O)OCC)ccc21.CCOS(=O)(=O)O. The second-order valence-corrected chi connectivity index (χ2v) is 8.44. The predicted octanol–water partition coefficient (Wildman–Crippen LogP) is 4.57. The number of hydrogen-bond donors (Lipinski definition) is 3. The molecule has 11 nitrogen and oxygen atoms in total. The van der Waals surface area contributed by atoms with Gasteiger partial charge in [0.15, 0.2) is 5.69 Å². The number of rotatable bonds is 7. The van der Waals surface area contributed by atoms with E-state index in [4.69, 9.17) is 14.0 Å². The summed E-state index contributed by atoms with van der Waals surface area (Å²) >= 11 is 0. The second-order valence-electron chi connectivity index (χ2n) is 7.35. The third-order valence-electron chi connectivity index (χ3n) is 5.02. The van der Waals surface area contributed by atoms with E-state index in [1.807, 2.05) is 43.3 Å². The number of carbonyl (C=O) groups is 2. The Morgan fingerprint density at radius 2 is 1.36 bits per heavy atom. The Bertz CT molecular complexity index is 1340. The Balaban J connectivity index is 0.000000572. The molecular formula is C24H32N3O8S+. The number of ether oxygens (including phenoxy) is 2. The van der Waals surface area contributed by atoms with Crippen molar-refractivity contribution in [1.29, 1.82) is 0 Å². The average molecular weight is 523 g/mol. The summed E-state index contributed by atoms with van der Waals surface area (Å²) in [6, 6.07) is 11.6. The van der Waals surface area contributed by atoms with Gasteiger partial charge in [0.05, 0.1) is 36.3 Å². The van der Waals surface area contributed by atoms with E-state index in [1.165, 1.54) is 6.92 Å². The molecule has 2 aromatic carbocycles. The molecule has 0 fully saturated rings. The first kappa shape index (κ1) is 28.8. The molecule has 3 rings (SSSR count). The van der Waals surface area contributed by atoms with Crippen LogP contribution < -0.4 is 15.2 Å².